The molecule has 2 atom stereocenters. The fraction of sp³-hybridized carbons (Fsp3) is 0.593. The number of H-pyrrole nitrogens is 1. The second kappa shape index (κ2) is 9.90. The second-order valence-electron chi connectivity index (χ2n) is 10.4. The summed E-state index contributed by atoms with van der Waals surface area (Å²) < 4.78 is 0. The molecule has 2 amide bonds. The summed E-state index contributed by atoms with van der Waals surface area (Å²) in [6.45, 7) is 12.5. The number of aromatic nitrogens is 2. The first-order valence-electron chi connectivity index (χ1n) is 12.7. The van der Waals surface area contributed by atoms with E-state index in [1.54, 1.807) is 0 Å². The quantitative estimate of drug-likeness (QED) is 0.653. The van der Waals surface area contributed by atoms with Crippen LogP contribution in [0.15, 0.2) is 30.3 Å². The summed E-state index contributed by atoms with van der Waals surface area (Å²) in [5.74, 6) is 0.462. The number of amides is 2. The molecule has 1 spiro atoms. The number of aromatic amines is 1. The van der Waals surface area contributed by atoms with Crippen molar-refractivity contribution in [3.63, 3.8) is 0 Å². The van der Waals surface area contributed by atoms with E-state index >= 15 is 0 Å². The number of nitrogens with one attached hydrogen (secondary N) is 2. The van der Waals surface area contributed by atoms with Crippen LogP contribution in [0.2, 0.25) is 0 Å². The number of carbonyl (C=O) groups excluding carboxylic acids is 2. The van der Waals surface area contributed by atoms with Gasteiger partial charge in [-0.2, -0.15) is 5.10 Å². The van der Waals surface area contributed by atoms with Gasteiger partial charge in [0.05, 0.1) is 11.7 Å². The van der Waals surface area contributed by atoms with Crippen LogP contribution >= 0.6 is 0 Å². The first kappa shape index (κ1) is 24.5. The first-order chi connectivity index (χ1) is 16.3. The summed E-state index contributed by atoms with van der Waals surface area (Å²) in [7, 11) is 0. The number of piperazine rings is 1. The molecule has 34 heavy (non-hydrogen) atoms. The van der Waals surface area contributed by atoms with Gasteiger partial charge in [-0.05, 0) is 51.0 Å². The molecule has 4 rings (SSSR count). The van der Waals surface area contributed by atoms with Gasteiger partial charge < -0.3 is 10.2 Å². The Hall–Kier alpha value is -2.67. The van der Waals surface area contributed by atoms with Crippen LogP contribution in [0.4, 0.5) is 0 Å². The molecule has 3 heterocycles. The van der Waals surface area contributed by atoms with Crippen LogP contribution in [0, 0.1) is 19.8 Å². The molecule has 1 aromatic heterocycles. The predicted octanol–water partition coefficient (Wildman–Crippen LogP) is 3.73. The molecule has 1 unspecified atom stereocenters. The molecule has 2 N–H and O–H groups in total. The van der Waals surface area contributed by atoms with E-state index in [0.29, 0.717) is 31.7 Å². The largest absolute Gasteiger partial charge is 0.342 e. The Labute approximate surface area is 203 Å². The number of likely N-dealkylation sites (tertiary alicyclic amines) is 1. The molecule has 7 nitrogen and oxygen atoms in total. The van der Waals surface area contributed by atoms with Crippen molar-refractivity contribution in [2.45, 2.75) is 77.9 Å². The third-order valence-corrected chi connectivity index (χ3v) is 7.53. The van der Waals surface area contributed by atoms with Crippen molar-refractivity contribution in [3.05, 3.63) is 52.8 Å². The Balaban J connectivity index is 1.62. The molecule has 2 aromatic rings. The fourth-order valence-corrected chi connectivity index (χ4v) is 5.86. The summed E-state index contributed by atoms with van der Waals surface area (Å²) in [6, 6.07) is 10.2. The standard InChI is InChI=1S/C27H39N5O2/c1-6-14-32-25(33)22(17-18(2)3)28-26(34)27(32)12-15-31(16-13-27)24(21-10-8-7-9-11-21)23-19(4)29-30-20(23)5/h7-11,18,22,24H,6,12-17H2,1-5H3,(H,28,34)(H,29,30)/t22-,24?/m1/s1. The highest BCUT2D eigenvalue weighted by atomic mass is 16.2. The minimum atomic E-state index is -0.751. The van der Waals surface area contributed by atoms with Gasteiger partial charge in [0.2, 0.25) is 11.8 Å². The van der Waals surface area contributed by atoms with Crippen LogP contribution in [-0.2, 0) is 9.59 Å². The van der Waals surface area contributed by atoms with Crippen molar-refractivity contribution in [2.75, 3.05) is 19.6 Å². The lowest BCUT2D eigenvalue weighted by Crippen LogP contribution is -2.73. The lowest BCUT2D eigenvalue weighted by molar-refractivity contribution is -0.162. The van der Waals surface area contributed by atoms with Gasteiger partial charge >= 0.3 is 0 Å². The van der Waals surface area contributed by atoms with Crippen molar-refractivity contribution in [1.82, 2.24) is 25.3 Å². The number of piperidine rings is 1. The summed E-state index contributed by atoms with van der Waals surface area (Å²) in [4.78, 5) is 31.4. The average Bonchev–Trinajstić information content (AvgIpc) is 3.15. The van der Waals surface area contributed by atoms with E-state index in [0.717, 1.165) is 30.9 Å². The number of carbonyl (C=O) groups is 2. The van der Waals surface area contributed by atoms with E-state index in [9.17, 15) is 9.59 Å². The lowest BCUT2D eigenvalue weighted by Gasteiger charge is -2.52. The molecule has 2 saturated heterocycles. The highest BCUT2D eigenvalue weighted by Crippen LogP contribution is 2.39. The normalized spacial score (nSPS) is 21.8. The topological polar surface area (TPSA) is 81.3 Å². The summed E-state index contributed by atoms with van der Waals surface area (Å²) in [5, 5.41) is 10.7. The molecular formula is C27H39N5O2. The summed E-state index contributed by atoms with van der Waals surface area (Å²) >= 11 is 0. The van der Waals surface area contributed by atoms with Gasteiger partial charge in [-0.1, -0.05) is 51.1 Å². The number of benzene rings is 1. The molecule has 0 saturated carbocycles. The van der Waals surface area contributed by atoms with Crippen molar-refractivity contribution >= 4 is 11.8 Å². The predicted molar refractivity (Wildman–Crippen MR) is 133 cm³/mol. The van der Waals surface area contributed by atoms with E-state index in [1.807, 2.05) is 17.9 Å². The fourth-order valence-electron chi connectivity index (χ4n) is 5.86. The number of hydrogen-bond donors (Lipinski definition) is 2. The molecule has 0 bridgehead atoms. The Morgan fingerprint density at radius 3 is 2.35 bits per heavy atom. The van der Waals surface area contributed by atoms with Crippen molar-refractivity contribution < 1.29 is 9.59 Å². The molecule has 1 aromatic carbocycles. The maximum absolute atomic E-state index is 13.5. The number of nitrogens with zero attached hydrogens (tertiary/aromatic N) is 3. The van der Waals surface area contributed by atoms with Crippen LogP contribution in [0.25, 0.3) is 0 Å². The Kier molecular flexibility index (Phi) is 7.12. The molecule has 2 fully saturated rings. The maximum atomic E-state index is 13.5. The Bertz CT molecular complexity index is 988. The number of rotatable bonds is 7. The molecule has 184 valence electrons. The molecular weight excluding hydrogens is 426 g/mol. The van der Waals surface area contributed by atoms with Crippen LogP contribution in [0.1, 0.15) is 75.0 Å². The Morgan fingerprint density at radius 1 is 1.12 bits per heavy atom. The van der Waals surface area contributed by atoms with E-state index < -0.39 is 11.6 Å². The third kappa shape index (κ3) is 4.38. The minimum Gasteiger partial charge on any atom is -0.342 e. The number of hydrogen-bond acceptors (Lipinski definition) is 4. The SMILES string of the molecule is CCCN1C(=O)[C@@H](CC(C)C)NC(=O)C12CCN(C(c1ccccc1)c1c(C)n[nH]c1C)CC2. The molecule has 0 aliphatic carbocycles. The zero-order chi connectivity index (χ0) is 24.5. The average molecular weight is 466 g/mol. The van der Waals surface area contributed by atoms with E-state index in [1.165, 1.54) is 11.1 Å². The summed E-state index contributed by atoms with van der Waals surface area (Å²) in [5.41, 5.74) is 3.74. The van der Waals surface area contributed by atoms with Gasteiger partial charge in [-0.25, -0.2) is 0 Å². The smallest absolute Gasteiger partial charge is 0.246 e. The highest BCUT2D eigenvalue weighted by Gasteiger charge is 2.53. The minimum absolute atomic E-state index is 0.0257. The molecule has 7 heteroatoms. The monoisotopic (exact) mass is 465 g/mol. The zero-order valence-corrected chi connectivity index (χ0v) is 21.2. The van der Waals surface area contributed by atoms with E-state index in [2.05, 4.69) is 72.4 Å². The third-order valence-electron chi connectivity index (χ3n) is 7.53. The van der Waals surface area contributed by atoms with Crippen LogP contribution in [-0.4, -0.2) is 63.0 Å². The zero-order valence-electron chi connectivity index (χ0n) is 21.2. The number of aryl methyl sites for hydroxylation is 2. The Morgan fingerprint density at radius 2 is 1.79 bits per heavy atom. The highest BCUT2D eigenvalue weighted by molar-refractivity contribution is 6.00. The van der Waals surface area contributed by atoms with Crippen molar-refractivity contribution in [1.29, 1.82) is 0 Å². The van der Waals surface area contributed by atoms with Crippen LogP contribution in [0.3, 0.4) is 0 Å². The van der Waals surface area contributed by atoms with Crippen molar-refractivity contribution in [2.24, 2.45) is 5.92 Å². The molecule has 2 aliphatic rings. The first-order valence-corrected chi connectivity index (χ1v) is 12.7. The van der Waals surface area contributed by atoms with Gasteiger partial charge in [0.1, 0.15) is 11.6 Å². The second-order valence-corrected chi connectivity index (χ2v) is 10.4. The van der Waals surface area contributed by atoms with E-state index in [4.69, 9.17) is 0 Å². The van der Waals surface area contributed by atoms with Crippen molar-refractivity contribution in [3.8, 4) is 0 Å². The maximum Gasteiger partial charge on any atom is 0.246 e. The van der Waals surface area contributed by atoms with Gasteiger partial charge in [-0.15, -0.1) is 0 Å². The van der Waals surface area contributed by atoms with E-state index in [-0.39, 0.29) is 17.9 Å². The summed E-state index contributed by atoms with van der Waals surface area (Å²) in [6.07, 6.45) is 2.80. The molecule has 2 aliphatic heterocycles. The lowest BCUT2D eigenvalue weighted by atomic mass is 9.79. The van der Waals surface area contributed by atoms with Crippen LogP contribution < -0.4 is 5.32 Å². The molecule has 0 radical (unpaired) electrons. The van der Waals surface area contributed by atoms with Gasteiger partial charge in [0, 0.05) is 30.9 Å². The van der Waals surface area contributed by atoms with Gasteiger partial charge in [0.15, 0.2) is 0 Å². The van der Waals surface area contributed by atoms with Gasteiger partial charge in [0.25, 0.3) is 0 Å². The van der Waals surface area contributed by atoms with Gasteiger partial charge in [-0.3, -0.25) is 19.6 Å². The van der Waals surface area contributed by atoms with Crippen LogP contribution in [0.5, 0.6) is 0 Å².